The van der Waals surface area contributed by atoms with E-state index in [0.717, 1.165) is 45.0 Å². The average molecular weight is 500 g/mol. The number of piperazine rings is 1. The number of H-pyrrole nitrogens is 1. The van der Waals surface area contributed by atoms with E-state index in [-0.39, 0.29) is 11.5 Å². The molecule has 0 radical (unpaired) electrons. The monoisotopic (exact) mass is 499 g/mol. The highest BCUT2D eigenvalue weighted by Crippen LogP contribution is 2.16. The summed E-state index contributed by atoms with van der Waals surface area (Å²) in [6.45, 7) is 6.10. The van der Waals surface area contributed by atoms with Crippen molar-refractivity contribution in [2.75, 3.05) is 31.5 Å². The Morgan fingerprint density at radius 2 is 1.50 bits per heavy atom. The molecular weight excluding hydrogens is 470 g/mol. The van der Waals surface area contributed by atoms with Crippen LogP contribution in [-0.2, 0) is 20.1 Å². The predicted octanol–water partition coefficient (Wildman–Crippen LogP) is 4.17. The van der Waals surface area contributed by atoms with Gasteiger partial charge in [-0.05, 0) is 53.7 Å². The molecule has 184 valence electrons. The number of carbonyl (C=O) groups excluding carboxylic acids is 1. The Labute approximate surface area is 215 Å². The number of fused-ring (bicyclic) bond motifs is 1. The number of aromatic amines is 1. The zero-order chi connectivity index (χ0) is 25.1. The fourth-order valence-corrected chi connectivity index (χ4v) is 4.74. The summed E-state index contributed by atoms with van der Waals surface area (Å²) in [5, 5.41) is 3.43. The fourth-order valence-electron chi connectivity index (χ4n) is 4.55. The van der Waals surface area contributed by atoms with Gasteiger partial charge in [0.15, 0.2) is 4.77 Å². The first-order valence-corrected chi connectivity index (χ1v) is 12.5. The Hall–Kier alpha value is -3.59. The van der Waals surface area contributed by atoms with E-state index in [0.29, 0.717) is 21.2 Å². The normalized spacial score (nSPS) is 14.7. The van der Waals surface area contributed by atoms with Crippen molar-refractivity contribution in [1.82, 2.24) is 19.4 Å². The lowest BCUT2D eigenvalue weighted by molar-refractivity contribution is 0.102. The van der Waals surface area contributed by atoms with Crippen molar-refractivity contribution >= 4 is 34.7 Å². The summed E-state index contributed by atoms with van der Waals surface area (Å²) >= 11 is 5.19. The lowest BCUT2D eigenvalue weighted by Gasteiger charge is -2.34. The average Bonchev–Trinajstić information content (AvgIpc) is 2.90. The molecule has 0 bridgehead atoms. The summed E-state index contributed by atoms with van der Waals surface area (Å²) < 4.78 is 1.70. The molecule has 0 spiro atoms. The van der Waals surface area contributed by atoms with Crippen molar-refractivity contribution in [1.29, 1.82) is 0 Å². The summed E-state index contributed by atoms with van der Waals surface area (Å²) in [6.07, 6.45) is 0. The van der Waals surface area contributed by atoms with Crippen molar-refractivity contribution in [3.8, 4) is 0 Å². The highest BCUT2D eigenvalue weighted by atomic mass is 32.1. The molecule has 5 rings (SSSR count). The van der Waals surface area contributed by atoms with Gasteiger partial charge in [0, 0.05) is 57.6 Å². The third-order valence-electron chi connectivity index (χ3n) is 6.69. The predicted molar refractivity (Wildman–Crippen MR) is 146 cm³/mol. The van der Waals surface area contributed by atoms with E-state index in [9.17, 15) is 9.59 Å². The molecule has 1 aromatic heterocycles. The lowest BCUT2D eigenvalue weighted by Crippen LogP contribution is -2.45. The number of hydrogen-bond acceptors (Lipinski definition) is 5. The molecule has 2 heterocycles. The van der Waals surface area contributed by atoms with Crippen LogP contribution in [0.2, 0.25) is 0 Å². The van der Waals surface area contributed by atoms with Crippen LogP contribution < -0.4 is 10.9 Å². The minimum absolute atomic E-state index is 0.186. The molecule has 7 nitrogen and oxygen atoms in total. The Kier molecular flexibility index (Phi) is 7.09. The van der Waals surface area contributed by atoms with Gasteiger partial charge in [-0.2, -0.15) is 0 Å². The molecule has 2 N–H and O–H groups in total. The van der Waals surface area contributed by atoms with Crippen LogP contribution in [0.3, 0.4) is 0 Å². The molecule has 1 aliphatic rings. The van der Waals surface area contributed by atoms with E-state index in [4.69, 9.17) is 12.2 Å². The van der Waals surface area contributed by atoms with Crippen LogP contribution in [0.5, 0.6) is 0 Å². The molecule has 0 unspecified atom stereocenters. The summed E-state index contributed by atoms with van der Waals surface area (Å²) in [5.41, 5.74) is 4.13. The quantitative estimate of drug-likeness (QED) is 0.390. The van der Waals surface area contributed by atoms with Gasteiger partial charge in [0.2, 0.25) is 0 Å². The number of carbonyl (C=O) groups is 1. The topological polar surface area (TPSA) is 73.4 Å². The van der Waals surface area contributed by atoms with Crippen LogP contribution >= 0.6 is 12.2 Å². The Bertz CT molecular complexity index is 1490. The van der Waals surface area contributed by atoms with Crippen LogP contribution in [0.1, 0.15) is 21.5 Å². The number of nitrogens with zero attached hydrogens (tertiary/aromatic N) is 3. The summed E-state index contributed by atoms with van der Waals surface area (Å²) in [6, 6.07) is 23.6. The van der Waals surface area contributed by atoms with Gasteiger partial charge in [0.25, 0.3) is 11.5 Å². The summed E-state index contributed by atoms with van der Waals surface area (Å²) in [7, 11) is 1.62. The third kappa shape index (κ3) is 5.46. The van der Waals surface area contributed by atoms with Gasteiger partial charge >= 0.3 is 0 Å². The maximum Gasteiger partial charge on any atom is 0.261 e. The van der Waals surface area contributed by atoms with Gasteiger partial charge in [-0.1, -0.05) is 42.5 Å². The van der Waals surface area contributed by atoms with E-state index >= 15 is 0 Å². The number of benzene rings is 3. The minimum Gasteiger partial charge on any atom is -0.332 e. The first-order valence-electron chi connectivity index (χ1n) is 12.1. The highest BCUT2D eigenvalue weighted by molar-refractivity contribution is 7.71. The van der Waals surface area contributed by atoms with E-state index in [1.807, 2.05) is 12.1 Å². The molecule has 1 saturated heterocycles. The number of amides is 1. The van der Waals surface area contributed by atoms with Crippen LogP contribution in [0.25, 0.3) is 10.9 Å². The molecular formula is C28H29N5O2S. The van der Waals surface area contributed by atoms with Crippen molar-refractivity contribution < 1.29 is 4.79 Å². The Balaban J connectivity index is 1.16. The minimum atomic E-state index is -0.237. The van der Waals surface area contributed by atoms with Crippen molar-refractivity contribution in [2.24, 2.45) is 7.05 Å². The zero-order valence-electron chi connectivity index (χ0n) is 20.2. The molecule has 1 aliphatic heterocycles. The second kappa shape index (κ2) is 10.6. The zero-order valence-corrected chi connectivity index (χ0v) is 21.1. The summed E-state index contributed by atoms with van der Waals surface area (Å²) in [5.74, 6) is -0.237. The van der Waals surface area contributed by atoms with Crippen LogP contribution in [0.15, 0.2) is 77.6 Å². The second-order valence-corrected chi connectivity index (χ2v) is 9.63. The standard InChI is InChI=1S/C28H29N5O2S/c1-31-27(35)24-12-9-22(17-25(24)30-28(31)36)26(34)29-23-10-7-21(8-11-23)19-33-15-13-32(14-16-33)18-20-5-3-2-4-6-20/h2-12,17H,13-16,18-19H2,1H3,(H,29,34)(H,30,36). The Morgan fingerprint density at radius 3 is 2.14 bits per heavy atom. The van der Waals surface area contributed by atoms with Crippen LogP contribution in [0, 0.1) is 4.77 Å². The molecule has 8 heteroatoms. The van der Waals surface area contributed by atoms with Gasteiger partial charge in [0.05, 0.1) is 10.9 Å². The molecule has 3 aromatic carbocycles. The van der Waals surface area contributed by atoms with Gasteiger partial charge in [-0.3, -0.25) is 24.0 Å². The second-order valence-electron chi connectivity index (χ2n) is 9.24. The SMILES string of the molecule is Cn1c(=S)[nH]c2cc(C(=O)Nc3ccc(CN4CCN(Cc5ccccc5)CC4)cc3)ccc2c1=O. The van der Waals surface area contributed by atoms with Crippen molar-refractivity contribution in [2.45, 2.75) is 13.1 Å². The first-order chi connectivity index (χ1) is 17.5. The number of hydrogen-bond donors (Lipinski definition) is 2. The maximum absolute atomic E-state index is 12.8. The first kappa shape index (κ1) is 24.1. The van der Waals surface area contributed by atoms with Crippen LogP contribution in [-0.4, -0.2) is 51.4 Å². The molecule has 0 atom stereocenters. The third-order valence-corrected chi connectivity index (χ3v) is 7.07. The van der Waals surface area contributed by atoms with Gasteiger partial charge in [-0.15, -0.1) is 0 Å². The van der Waals surface area contributed by atoms with Gasteiger partial charge < -0.3 is 10.3 Å². The largest absolute Gasteiger partial charge is 0.332 e. The van der Waals surface area contributed by atoms with E-state index in [2.05, 4.69) is 62.6 Å². The van der Waals surface area contributed by atoms with Crippen molar-refractivity contribution in [3.63, 3.8) is 0 Å². The number of anilines is 1. The highest BCUT2D eigenvalue weighted by Gasteiger charge is 2.17. The molecule has 1 fully saturated rings. The van der Waals surface area contributed by atoms with Gasteiger partial charge in [0.1, 0.15) is 0 Å². The molecule has 36 heavy (non-hydrogen) atoms. The number of rotatable bonds is 6. The molecule has 4 aromatic rings. The van der Waals surface area contributed by atoms with E-state index in [1.54, 1.807) is 25.2 Å². The van der Waals surface area contributed by atoms with Crippen molar-refractivity contribution in [3.05, 3.63) is 105 Å². The smallest absolute Gasteiger partial charge is 0.261 e. The molecule has 1 amide bonds. The van der Waals surface area contributed by atoms with E-state index in [1.165, 1.54) is 15.7 Å². The molecule has 0 saturated carbocycles. The molecule has 0 aliphatic carbocycles. The maximum atomic E-state index is 12.8. The van der Waals surface area contributed by atoms with E-state index < -0.39 is 0 Å². The van der Waals surface area contributed by atoms with Gasteiger partial charge in [-0.25, -0.2) is 0 Å². The fraction of sp³-hybridized carbons (Fsp3) is 0.250. The summed E-state index contributed by atoms with van der Waals surface area (Å²) in [4.78, 5) is 33.1. The lowest BCUT2D eigenvalue weighted by atomic mass is 10.1. The Morgan fingerprint density at radius 1 is 0.889 bits per heavy atom. The van der Waals surface area contributed by atoms with Crippen LogP contribution in [0.4, 0.5) is 5.69 Å². The number of nitrogens with one attached hydrogen (secondary N) is 2. The number of aromatic nitrogens is 2.